The summed E-state index contributed by atoms with van der Waals surface area (Å²) in [5, 5.41) is 4.22. The van der Waals surface area contributed by atoms with E-state index in [1.807, 2.05) is 35.2 Å². The van der Waals surface area contributed by atoms with Gasteiger partial charge in [-0.05, 0) is 40.8 Å². The number of nitrogens with zero attached hydrogens (tertiary/aromatic N) is 1. The first kappa shape index (κ1) is 14.3. The number of benzene rings is 1. The van der Waals surface area contributed by atoms with E-state index in [1.54, 1.807) is 11.3 Å². The normalized spacial score (nSPS) is 19.7. The monoisotopic (exact) mass is 300 g/mol. The molecule has 4 heteroatoms. The Morgan fingerprint density at radius 3 is 2.86 bits per heavy atom. The minimum absolute atomic E-state index is 0.167. The maximum absolute atomic E-state index is 12.6. The Hall–Kier alpha value is -1.65. The first-order valence-electron chi connectivity index (χ1n) is 7.38. The van der Waals surface area contributed by atoms with Gasteiger partial charge in [0.1, 0.15) is 0 Å². The molecule has 3 nitrogen and oxygen atoms in total. The Bertz CT molecular complexity index is 582. The zero-order valence-electron chi connectivity index (χ0n) is 11.9. The van der Waals surface area contributed by atoms with Crippen LogP contribution in [-0.4, -0.2) is 17.4 Å². The van der Waals surface area contributed by atoms with Crippen molar-refractivity contribution in [2.45, 2.75) is 31.3 Å². The van der Waals surface area contributed by atoms with E-state index in [-0.39, 0.29) is 18.0 Å². The molecule has 2 unspecified atom stereocenters. The third-order valence-corrected chi connectivity index (χ3v) is 4.82. The van der Waals surface area contributed by atoms with Gasteiger partial charge in [-0.25, -0.2) is 0 Å². The Morgan fingerprint density at radius 1 is 1.33 bits per heavy atom. The summed E-state index contributed by atoms with van der Waals surface area (Å²) in [6, 6.07) is 12.0. The van der Waals surface area contributed by atoms with Gasteiger partial charge in [-0.3, -0.25) is 4.79 Å². The van der Waals surface area contributed by atoms with E-state index < -0.39 is 0 Å². The van der Waals surface area contributed by atoms with E-state index in [9.17, 15) is 4.79 Å². The minimum atomic E-state index is -0.220. The SMILES string of the molecule is NC(CC(=O)N1CCCC1c1ccsc1)c1ccccc1. The van der Waals surface area contributed by atoms with Crippen molar-refractivity contribution in [3.8, 4) is 0 Å². The molecule has 0 bridgehead atoms. The van der Waals surface area contributed by atoms with Gasteiger partial charge in [0.25, 0.3) is 0 Å². The van der Waals surface area contributed by atoms with E-state index >= 15 is 0 Å². The predicted octanol–water partition coefficient (Wildman–Crippen LogP) is 3.50. The fourth-order valence-corrected chi connectivity index (χ4v) is 3.71. The molecule has 0 radical (unpaired) electrons. The van der Waals surface area contributed by atoms with E-state index in [2.05, 4.69) is 16.8 Å². The zero-order chi connectivity index (χ0) is 14.7. The summed E-state index contributed by atoms with van der Waals surface area (Å²) in [6.07, 6.45) is 2.51. The van der Waals surface area contributed by atoms with Gasteiger partial charge in [-0.2, -0.15) is 11.3 Å². The molecule has 0 aliphatic carbocycles. The lowest BCUT2D eigenvalue weighted by molar-refractivity contribution is -0.132. The molecule has 110 valence electrons. The standard InChI is InChI=1S/C17H20N2OS/c18-15(13-5-2-1-3-6-13)11-17(20)19-9-4-7-16(19)14-8-10-21-12-14/h1-3,5-6,8,10,12,15-16H,4,7,9,11,18H2. The number of carbonyl (C=O) groups excluding carboxylic acids is 1. The molecule has 1 aromatic carbocycles. The predicted molar refractivity (Wildman–Crippen MR) is 86.0 cm³/mol. The molecule has 1 amide bonds. The number of nitrogens with two attached hydrogens (primary N) is 1. The molecular weight excluding hydrogens is 280 g/mol. The molecule has 1 saturated heterocycles. The molecule has 1 fully saturated rings. The lowest BCUT2D eigenvalue weighted by Gasteiger charge is -2.25. The summed E-state index contributed by atoms with van der Waals surface area (Å²) in [5.41, 5.74) is 8.47. The van der Waals surface area contributed by atoms with E-state index in [4.69, 9.17) is 5.73 Å². The van der Waals surface area contributed by atoms with Crippen LogP contribution < -0.4 is 5.73 Å². The second kappa shape index (κ2) is 6.41. The van der Waals surface area contributed by atoms with Gasteiger partial charge < -0.3 is 10.6 Å². The van der Waals surface area contributed by atoms with E-state index in [1.165, 1.54) is 5.56 Å². The summed E-state index contributed by atoms with van der Waals surface area (Å²) in [6.45, 7) is 0.848. The first-order chi connectivity index (χ1) is 10.3. The smallest absolute Gasteiger partial charge is 0.224 e. The molecule has 3 rings (SSSR count). The average Bonchev–Trinajstić information content (AvgIpc) is 3.18. The van der Waals surface area contributed by atoms with Crippen LogP contribution in [0, 0.1) is 0 Å². The highest BCUT2D eigenvalue weighted by Gasteiger charge is 2.30. The highest BCUT2D eigenvalue weighted by Crippen LogP contribution is 2.34. The van der Waals surface area contributed by atoms with Gasteiger partial charge in [-0.15, -0.1) is 0 Å². The van der Waals surface area contributed by atoms with Gasteiger partial charge in [0.05, 0.1) is 6.04 Å². The van der Waals surface area contributed by atoms with Crippen LogP contribution >= 0.6 is 11.3 Å². The Balaban J connectivity index is 1.67. The summed E-state index contributed by atoms with van der Waals surface area (Å²) in [4.78, 5) is 14.6. The quantitative estimate of drug-likeness (QED) is 0.939. The second-order valence-corrected chi connectivity index (χ2v) is 6.30. The molecule has 1 aromatic heterocycles. The van der Waals surface area contributed by atoms with Crippen LogP contribution in [0.5, 0.6) is 0 Å². The molecule has 0 spiro atoms. The van der Waals surface area contributed by atoms with Crippen LogP contribution in [0.15, 0.2) is 47.2 Å². The van der Waals surface area contributed by atoms with Crippen LogP contribution in [-0.2, 0) is 4.79 Å². The van der Waals surface area contributed by atoms with Crippen LogP contribution in [0.1, 0.15) is 42.5 Å². The molecular formula is C17H20N2OS. The van der Waals surface area contributed by atoms with Gasteiger partial charge in [0.2, 0.25) is 5.91 Å². The van der Waals surface area contributed by atoms with Crippen molar-refractivity contribution in [3.05, 3.63) is 58.3 Å². The number of amides is 1. The fourth-order valence-electron chi connectivity index (χ4n) is 3.00. The van der Waals surface area contributed by atoms with Crippen molar-refractivity contribution >= 4 is 17.2 Å². The molecule has 0 saturated carbocycles. The van der Waals surface area contributed by atoms with E-state index in [0.29, 0.717) is 6.42 Å². The topological polar surface area (TPSA) is 46.3 Å². The van der Waals surface area contributed by atoms with Crippen molar-refractivity contribution in [3.63, 3.8) is 0 Å². The second-order valence-electron chi connectivity index (χ2n) is 5.52. The van der Waals surface area contributed by atoms with Gasteiger partial charge in [-0.1, -0.05) is 30.3 Å². The third-order valence-electron chi connectivity index (χ3n) is 4.12. The van der Waals surface area contributed by atoms with Crippen molar-refractivity contribution in [2.75, 3.05) is 6.54 Å². The van der Waals surface area contributed by atoms with Gasteiger partial charge in [0, 0.05) is 19.0 Å². The number of rotatable bonds is 4. The van der Waals surface area contributed by atoms with E-state index in [0.717, 1.165) is 24.9 Å². The molecule has 2 heterocycles. The number of carbonyl (C=O) groups is 1. The van der Waals surface area contributed by atoms with Crippen molar-refractivity contribution in [2.24, 2.45) is 5.73 Å². The molecule has 1 aliphatic rings. The minimum Gasteiger partial charge on any atom is -0.336 e. The summed E-state index contributed by atoms with van der Waals surface area (Å²) >= 11 is 1.69. The molecule has 2 atom stereocenters. The lowest BCUT2D eigenvalue weighted by atomic mass is 10.0. The third kappa shape index (κ3) is 3.17. The largest absolute Gasteiger partial charge is 0.336 e. The Kier molecular flexibility index (Phi) is 4.36. The van der Waals surface area contributed by atoms with Gasteiger partial charge in [0.15, 0.2) is 0 Å². The van der Waals surface area contributed by atoms with Gasteiger partial charge >= 0.3 is 0 Å². The molecule has 2 N–H and O–H groups in total. The Labute approximate surface area is 129 Å². The summed E-state index contributed by atoms with van der Waals surface area (Å²) in [5.74, 6) is 0.167. The highest BCUT2D eigenvalue weighted by molar-refractivity contribution is 7.07. The molecule has 2 aromatic rings. The van der Waals surface area contributed by atoms with Crippen molar-refractivity contribution < 1.29 is 4.79 Å². The number of thiophene rings is 1. The fraction of sp³-hybridized carbons (Fsp3) is 0.353. The Morgan fingerprint density at radius 2 is 2.14 bits per heavy atom. The van der Waals surface area contributed by atoms with Crippen LogP contribution in [0.4, 0.5) is 0 Å². The highest BCUT2D eigenvalue weighted by atomic mass is 32.1. The zero-order valence-corrected chi connectivity index (χ0v) is 12.8. The van der Waals surface area contributed by atoms with Crippen LogP contribution in [0.3, 0.4) is 0 Å². The molecule has 21 heavy (non-hydrogen) atoms. The van der Waals surface area contributed by atoms with Crippen LogP contribution in [0.25, 0.3) is 0 Å². The number of hydrogen-bond donors (Lipinski definition) is 1. The first-order valence-corrected chi connectivity index (χ1v) is 8.32. The lowest BCUT2D eigenvalue weighted by Crippen LogP contribution is -2.32. The molecule has 1 aliphatic heterocycles. The van der Waals surface area contributed by atoms with Crippen LogP contribution in [0.2, 0.25) is 0 Å². The maximum atomic E-state index is 12.6. The average molecular weight is 300 g/mol. The summed E-state index contributed by atoms with van der Waals surface area (Å²) < 4.78 is 0. The van der Waals surface area contributed by atoms with Crippen molar-refractivity contribution in [1.29, 1.82) is 0 Å². The number of likely N-dealkylation sites (tertiary alicyclic amines) is 1. The number of hydrogen-bond acceptors (Lipinski definition) is 3. The maximum Gasteiger partial charge on any atom is 0.224 e. The van der Waals surface area contributed by atoms with Crippen molar-refractivity contribution in [1.82, 2.24) is 4.90 Å². The summed E-state index contributed by atoms with van der Waals surface area (Å²) in [7, 11) is 0.